The van der Waals surface area contributed by atoms with E-state index in [2.05, 4.69) is 19.5 Å². The van der Waals surface area contributed by atoms with Gasteiger partial charge in [-0.15, -0.1) is 0 Å². The SMILES string of the molecule is COc1nc(OCC(F)F)c(F)cc1NS(=O)(=O)c1cnn2c(C#N)c(C)ccc12. The summed E-state index contributed by atoms with van der Waals surface area (Å²) < 4.78 is 77.2. The summed E-state index contributed by atoms with van der Waals surface area (Å²) in [6.07, 6.45) is -1.82. The maximum Gasteiger partial charge on any atom is 0.272 e. The van der Waals surface area contributed by atoms with Crippen molar-refractivity contribution in [2.24, 2.45) is 0 Å². The van der Waals surface area contributed by atoms with Crippen LogP contribution in [-0.2, 0) is 10.0 Å². The number of anilines is 1. The third-order valence-electron chi connectivity index (χ3n) is 3.94. The molecule has 3 aromatic rings. The summed E-state index contributed by atoms with van der Waals surface area (Å²) in [6.45, 7) is 0.574. The number of nitriles is 1. The molecule has 0 fully saturated rings. The summed E-state index contributed by atoms with van der Waals surface area (Å²) >= 11 is 0. The van der Waals surface area contributed by atoms with Crippen LogP contribution in [0.4, 0.5) is 18.9 Å². The number of nitrogens with one attached hydrogen (secondary N) is 1. The monoisotopic (exact) mass is 441 g/mol. The number of pyridine rings is 2. The Balaban J connectivity index is 2.01. The number of methoxy groups -OCH3 is 1. The molecule has 0 aliphatic rings. The molecule has 0 saturated heterocycles. The Hall–Kier alpha value is -3.53. The van der Waals surface area contributed by atoms with E-state index >= 15 is 0 Å². The first-order valence-electron chi connectivity index (χ1n) is 8.23. The summed E-state index contributed by atoms with van der Waals surface area (Å²) in [7, 11) is -3.18. The Labute approximate surface area is 168 Å². The van der Waals surface area contributed by atoms with Crippen molar-refractivity contribution in [3.05, 3.63) is 41.5 Å². The lowest BCUT2D eigenvalue weighted by molar-refractivity contribution is 0.0770. The highest BCUT2D eigenvalue weighted by molar-refractivity contribution is 7.93. The van der Waals surface area contributed by atoms with Gasteiger partial charge in [-0.05, 0) is 18.6 Å². The van der Waals surface area contributed by atoms with E-state index in [1.165, 1.54) is 10.6 Å². The number of hydrogen-bond acceptors (Lipinski definition) is 7. The fourth-order valence-corrected chi connectivity index (χ4v) is 3.76. The predicted octanol–water partition coefficient (Wildman–Crippen LogP) is 2.50. The maximum atomic E-state index is 14.2. The van der Waals surface area contributed by atoms with E-state index in [1.54, 1.807) is 13.0 Å². The molecule has 0 amide bonds. The highest BCUT2D eigenvalue weighted by atomic mass is 32.2. The van der Waals surface area contributed by atoms with Crippen molar-refractivity contribution in [1.82, 2.24) is 14.6 Å². The number of aromatic nitrogens is 3. The minimum absolute atomic E-state index is 0.119. The van der Waals surface area contributed by atoms with Gasteiger partial charge >= 0.3 is 0 Å². The molecule has 158 valence electrons. The number of alkyl halides is 2. The van der Waals surface area contributed by atoms with Crippen LogP contribution in [0.25, 0.3) is 5.52 Å². The standard InChI is InChI=1S/C17H14F3N5O4S/c1-9-3-4-12-14(7-22-25(12)13(9)6-21)30(26,27)24-11-5-10(18)16(23-17(11)28-2)29-8-15(19)20/h3-5,7,15,24H,8H2,1-2H3. The summed E-state index contributed by atoms with van der Waals surface area (Å²) in [6, 6.07) is 5.67. The molecule has 0 unspecified atom stereocenters. The molecular weight excluding hydrogens is 427 g/mol. The molecule has 0 aliphatic carbocycles. The van der Waals surface area contributed by atoms with Gasteiger partial charge in [0.2, 0.25) is 5.88 Å². The Bertz CT molecular complexity index is 1250. The van der Waals surface area contributed by atoms with Crippen LogP contribution in [0, 0.1) is 24.1 Å². The number of aryl methyl sites for hydroxylation is 1. The minimum atomic E-state index is -4.31. The van der Waals surface area contributed by atoms with Crippen LogP contribution in [0.15, 0.2) is 29.3 Å². The lowest BCUT2D eigenvalue weighted by Gasteiger charge is -2.13. The Morgan fingerprint density at radius 2 is 2.07 bits per heavy atom. The van der Waals surface area contributed by atoms with Crippen LogP contribution in [0.3, 0.4) is 0 Å². The van der Waals surface area contributed by atoms with Gasteiger partial charge in [0.05, 0.1) is 18.8 Å². The lowest BCUT2D eigenvalue weighted by Crippen LogP contribution is -2.15. The summed E-state index contributed by atoms with van der Waals surface area (Å²) in [5, 5.41) is 13.2. The van der Waals surface area contributed by atoms with Crippen LogP contribution >= 0.6 is 0 Å². The Morgan fingerprint density at radius 1 is 1.33 bits per heavy atom. The highest BCUT2D eigenvalue weighted by Gasteiger charge is 2.25. The van der Waals surface area contributed by atoms with E-state index in [4.69, 9.17) is 4.74 Å². The van der Waals surface area contributed by atoms with Crippen molar-refractivity contribution >= 4 is 21.2 Å². The van der Waals surface area contributed by atoms with E-state index in [1.807, 2.05) is 6.07 Å². The van der Waals surface area contributed by atoms with Gasteiger partial charge in [0.15, 0.2) is 12.4 Å². The second kappa shape index (κ2) is 8.07. The van der Waals surface area contributed by atoms with Crippen molar-refractivity contribution in [2.75, 3.05) is 18.4 Å². The molecule has 3 rings (SSSR count). The highest BCUT2D eigenvalue weighted by Crippen LogP contribution is 2.31. The van der Waals surface area contributed by atoms with Crippen LogP contribution in [-0.4, -0.2) is 43.2 Å². The molecule has 13 heteroatoms. The van der Waals surface area contributed by atoms with Gasteiger partial charge in [0, 0.05) is 6.07 Å². The van der Waals surface area contributed by atoms with Crippen LogP contribution in [0.2, 0.25) is 0 Å². The summed E-state index contributed by atoms with van der Waals surface area (Å²) in [5.41, 5.74) is 0.484. The molecule has 0 bridgehead atoms. The average Bonchev–Trinajstić information content (AvgIpc) is 3.12. The molecule has 0 spiro atoms. The average molecular weight is 441 g/mol. The zero-order valence-corrected chi connectivity index (χ0v) is 16.4. The molecule has 0 aromatic carbocycles. The lowest BCUT2D eigenvalue weighted by atomic mass is 10.2. The number of hydrogen-bond donors (Lipinski definition) is 1. The summed E-state index contributed by atoms with van der Waals surface area (Å²) in [5.74, 6) is -2.33. The van der Waals surface area contributed by atoms with Crippen LogP contribution < -0.4 is 14.2 Å². The number of fused-ring (bicyclic) bond motifs is 1. The smallest absolute Gasteiger partial charge is 0.272 e. The molecule has 0 atom stereocenters. The largest absolute Gasteiger partial charge is 0.479 e. The van der Waals surface area contributed by atoms with Crippen molar-refractivity contribution in [1.29, 1.82) is 5.26 Å². The molecule has 9 nitrogen and oxygen atoms in total. The molecule has 3 heterocycles. The van der Waals surface area contributed by atoms with Gasteiger partial charge in [-0.2, -0.15) is 15.3 Å². The van der Waals surface area contributed by atoms with Crippen molar-refractivity contribution in [3.63, 3.8) is 0 Å². The molecule has 30 heavy (non-hydrogen) atoms. The molecule has 0 radical (unpaired) electrons. The zero-order valence-electron chi connectivity index (χ0n) is 15.6. The molecular formula is C17H14F3N5O4S. The third kappa shape index (κ3) is 3.94. The van der Waals surface area contributed by atoms with E-state index < -0.39 is 40.6 Å². The van der Waals surface area contributed by atoms with Gasteiger partial charge in [-0.1, -0.05) is 6.07 Å². The van der Waals surface area contributed by atoms with E-state index in [0.29, 0.717) is 11.6 Å². The first-order valence-corrected chi connectivity index (χ1v) is 9.72. The number of sulfonamides is 1. The topological polar surface area (TPSA) is 119 Å². The van der Waals surface area contributed by atoms with Gasteiger partial charge in [-0.25, -0.2) is 26.1 Å². The first kappa shape index (κ1) is 21.2. The van der Waals surface area contributed by atoms with E-state index in [9.17, 15) is 26.9 Å². The Kier molecular flexibility index (Phi) is 5.70. The van der Waals surface area contributed by atoms with Gasteiger partial charge in [0.1, 0.15) is 22.3 Å². The normalized spacial score (nSPS) is 11.5. The van der Waals surface area contributed by atoms with Crippen molar-refractivity contribution in [3.8, 4) is 17.8 Å². The quantitative estimate of drug-likeness (QED) is 0.598. The number of ether oxygens (including phenoxy) is 2. The summed E-state index contributed by atoms with van der Waals surface area (Å²) in [4.78, 5) is 3.31. The van der Waals surface area contributed by atoms with Crippen molar-refractivity contribution < 1.29 is 31.1 Å². The van der Waals surface area contributed by atoms with Gasteiger partial charge in [0.25, 0.3) is 22.3 Å². The molecule has 0 aliphatic heterocycles. The minimum Gasteiger partial charge on any atom is -0.479 e. The second-order valence-corrected chi connectivity index (χ2v) is 7.57. The van der Waals surface area contributed by atoms with E-state index in [0.717, 1.165) is 13.3 Å². The first-order chi connectivity index (χ1) is 14.2. The van der Waals surface area contributed by atoms with Crippen LogP contribution in [0.1, 0.15) is 11.3 Å². The molecule has 0 saturated carbocycles. The Morgan fingerprint density at radius 3 is 2.70 bits per heavy atom. The number of nitrogens with zero attached hydrogens (tertiary/aromatic N) is 4. The number of halogens is 3. The van der Waals surface area contributed by atoms with Gasteiger partial charge in [-0.3, -0.25) is 4.72 Å². The molecule has 1 N–H and O–H groups in total. The van der Waals surface area contributed by atoms with Crippen molar-refractivity contribution in [2.45, 2.75) is 18.2 Å². The number of rotatable bonds is 7. The van der Waals surface area contributed by atoms with E-state index in [-0.39, 0.29) is 21.8 Å². The zero-order chi connectivity index (χ0) is 22.1. The molecule has 3 aromatic heterocycles. The fourth-order valence-electron chi connectivity index (χ4n) is 2.59. The predicted molar refractivity (Wildman–Crippen MR) is 97.7 cm³/mol. The second-order valence-electron chi connectivity index (χ2n) is 5.92. The maximum absolute atomic E-state index is 14.2. The van der Waals surface area contributed by atoms with Gasteiger partial charge < -0.3 is 9.47 Å². The third-order valence-corrected chi connectivity index (χ3v) is 5.32. The fraction of sp³-hybridized carbons (Fsp3) is 0.235. The van der Waals surface area contributed by atoms with Crippen LogP contribution in [0.5, 0.6) is 11.8 Å².